The molecule has 0 spiro atoms. The molecular formula is C10H15NaO4S. The van der Waals surface area contributed by atoms with E-state index in [9.17, 15) is 8.42 Å². The van der Waals surface area contributed by atoms with E-state index < -0.39 is 16.5 Å². The monoisotopic (exact) mass is 254 g/mol. The molecule has 0 bridgehead atoms. The molecule has 1 aromatic rings. The van der Waals surface area contributed by atoms with Gasteiger partial charge >= 0.3 is 40.0 Å². The van der Waals surface area contributed by atoms with Gasteiger partial charge in [0.05, 0.1) is 12.7 Å². The van der Waals surface area contributed by atoms with Crippen molar-refractivity contribution in [3.8, 4) is 0 Å². The van der Waals surface area contributed by atoms with Crippen LogP contribution in [0.25, 0.3) is 0 Å². The van der Waals surface area contributed by atoms with Crippen LogP contribution in [0.5, 0.6) is 0 Å². The Hall–Kier alpha value is 0.0900. The van der Waals surface area contributed by atoms with Crippen LogP contribution in [0.2, 0.25) is 0 Å². The Morgan fingerprint density at radius 1 is 1.19 bits per heavy atom. The molecule has 16 heavy (non-hydrogen) atoms. The van der Waals surface area contributed by atoms with Gasteiger partial charge in [-0.3, -0.25) is 0 Å². The molecule has 0 amide bonds. The quantitative estimate of drug-likeness (QED) is 0.741. The third-order valence-electron chi connectivity index (χ3n) is 1.52. The zero-order chi connectivity index (χ0) is 11.3. The van der Waals surface area contributed by atoms with Crippen molar-refractivity contribution in [2.45, 2.75) is 26.6 Å². The van der Waals surface area contributed by atoms with E-state index in [1.807, 2.05) is 18.2 Å². The Kier molecular flexibility index (Phi) is 7.46. The molecule has 0 unspecified atom stereocenters. The van der Waals surface area contributed by atoms with Gasteiger partial charge in [-0.25, -0.2) is 8.37 Å². The van der Waals surface area contributed by atoms with Crippen LogP contribution in [0.1, 0.15) is 19.4 Å². The molecule has 1 rings (SSSR count). The SMILES string of the molecule is CC(C)OS(=O)(=O)OCc1ccccc1.[NaH]. The number of rotatable bonds is 5. The van der Waals surface area contributed by atoms with Gasteiger partial charge in [0.15, 0.2) is 0 Å². The van der Waals surface area contributed by atoms with Crippen molar-refractivity contribution in [3.63, 3.8) is 0 Å². The van der Waals surface area contributed by atoms with Crippen molar-refractivity contribution >= 4 is 40.0 Å². The van der Waals surface area contributed by atoms with Crippen LogP contribution in [0.4, 0.5) is 0 Å². The van der Waals surface area contributed by atoms with Crippen LogP contribution < -0.4 is 0 Å². The van der Waals surface area contributed by atoms with E-state index in [4.69, 9.17) is 0 Å². The molecule has 0 heterocycles. The Morgan fingerprint density at radius 2 is 1.75 bits per heavy atom. The van der Waals surface area contributed by atoms with Crippen LogP contribution in [-0.4, -0.2) is 44.1 Å². The molecule has 0 fully saturated rings. The number of hydrogen-bond donors (Lipinski definition) is 0. The molecule has 0 aliphatic rings. The minimum absolute atomic E-state index is 0. The van der Waals surface area contributed by atoms with Crippen LogP contribution >= 0.6 is 0 Å². The molecular weight excluding hydrogens is 239 g/mol. The molecule has 0 saturated heterocycles. The van der Waals surface area contributed by atoms with Gasteiger partial charge in [0.25, 0.3) is 0 Å². The second kappa shape index (κ2) is 7.42. The summed E-state index contributed by atoms with van der Waals surface area (Å²) in [6, 6.07) is 9.04. The normalized spacial score (nSPS) is 11.2. The maximum atomic E-state index is 11.2. The van der Waals surface area contributed by atoms with Gasteiger partial charge < -0.3 is 0 Å². The van der Waals surface area contributed by atoms with Crippen molar-refractivity contribution in [1.29, 1.82) is 0 Å². The molecule has 0 N–H and O–H groups in total. The summed E-state index contributed by atoms with van der Waals surface area (Å²) >= 11 is 0. The van der Waals surface area contributed by atoms with Gasteiger partial charge in [-0.2, -0.15) is 8.42 Å². The summed E-state index contributed by atoms with van der Waals surface area (Å²) in [6.45, 7) is 3.25. The molecule has 6 heteroatoms. The Labute approximate surface area is 119 Å². The number of hydrogen-bond acceptors (Lipinski definition) is 4. The van der Waals surface area contributed by atoms with Crippen LogP contribution in [0, 0.1) is 0 Å². The van der Waals surface area contributed by atoms with Crippen LogP contribution in [0.3, 0.4) is 0 Å². The molecule has 0 aliphatic heterocycles. The van der Waals surface area contributed by atoms with Crippen molar-refractivity contribution in [2.75, 3.05) is 0 Å². The predicted molar refractivity (Wildman–Crippen MR) is 63.5 cm³/mol. The first-order valence-electron chi connectivity index (χ1n) is 4.61. The number of benzene rings is 1. The third-order valence-corrected chi connectivity index (χ3v) is 2.55. The topological polar surface area (TPSA) is 52.6 Å². The van der Waals surface area contributed by atoms with Gasteiger partial charge in [0.1, 0.15) is 0 Å². The fourth-order valence-electron chi connectivity index (χ4n) is 0.978. The molecule has 1 aromatic carbocycles. The molecule has 0 radical (unpaired) electrons. The molecule has 0 aromatic heterocycles. The summed E-state index contributed by atoms with van der Waals surface area (Å²) in [5.74, 6) is 0. The molecule has 86 valence electrons. The van der Waals surface area contributed by atoms with E-state index in [1.165, 1.54) is 0 Å². The summed E-state index contributed by atoms with van der Waals surface area (Å²) < 4.78 is 31.6. The fraction of sp³-hybridized carbons (Fsp3) is 0.400. The van der Waals surface area contributed by atoms with Gasteiger partial charge in [0, 0.05) is 0 Å². The van der Waals surface area contributed by atoms with Gasteiger partial charge in [-0.05, 0) is 19.4 Å². The summed E-state index contributed by atoms with van der Waals surface area (Å²) in [4.78, 5) is 0. The summed E-state index contributed by atoms with van der Waals surface area (Å²) in [7, 11) is -3.88. The van der Waals surface area contributed by atoms with Crippen molar-refractivity contribution < 1.29 is 16.8 Å². The standard InChI is InChI=1S/C10H14O4S.Na.H/c1-9(2)14-15(11,12)13-8-10-6-4-3-5-7-10;;/h3-7,9H,8H2,1-2H3;;. The maximum absolute atomic E-state index is 11.2. The summed E-state index contributed by atoms with van der Waals surface area (Å²) in [6.07, 6.45) is -0.411. The Morgan fingerprint density at radius 3 is 2.25 bits per heavy atom. The van der Waals surface area contributed by atoms with E-state index in [1.54, 1.807) is 26.0 Å². The molecule has 4 nitrogen and oxygen atoms in total. The third kappa shape index (κ3) is 6.62. The molecule has 0 atom stereocenters. The predicted octanol–water partition coefficient (Wildman–Crippen LogP) is 1.22. The molecule has 0 aliphatic carbocycles. The average Bonchev–Trinajstić information content (AvgIpc) is 2.15. The van der Waals surface area contributed by atoms with Crippen molar-refractivity contribution in [2.24, 2.45) is 0 Å². The van der Waals surface area contributed by atoms with Gasteiger partial charge in [0.2, 0.25) is 0 Å². The van der Waals surface area contributed by atoms with Crippen molar-refractivity contribution in [1.82, 2.24) is 0 Å². The molecule has 0 saturated carbocycles. The van der Waals surface area contributed by atoms with E-state index >= 15 is 0 Å². The van der Waals surface area contributed by atoms with E-state index in [0.717, 1.165) is 5.56 Å². The van der Waals surface area contributed by atoms with Crippen LogP contribution in [0.15, 0.2) is 30.3 Å². The first-order chi connectivity index (χ1) is 6.99. The Balaban J connectivity index is 0.00000225. The van der Waals surface area contributed by atoms with Gasteiger partial charge in [-0.1, -0.05) is 30.3 Å². The zero-order valence-corrected chi connectivity index (χ0v) is 9.53. The van der Waals surface area contributed by atoms with E-state index in [-0.39, 0.29) is 36.2 Å². The second-order valence-electron chi connectivity index (χ2n) is 3.30. The van der Waals surface area contributed by atoms with E-state index in [0.29, 0.717) is 0 Å². The fourth-order valence-corrected chi connectivity index (χ4v) is 1.79. The Bertz CT molecular complexity index is 389. The minimum atomic E-state index is -3.88. The average molecular weight is 254 g/mol. The zero-order valence-electron chi connectivity index (χ0n) is 8.71. The summed E-state index contributed by atoms with van der Waals surface area (Å²) in [5, 5.41) is 0. The first kappa shape index (κ1) is 16.1. The first-order valence-corrected chi connectivity index (χ1v) is 5.94. The van der Waals surface area contributed by atoms with Crippen LogP contribution in [-0.2, 0) is 25.4 Å². The van der Waals surface area contributed by atoms with Crippen molar-refractivity contribution in [3.05, 3.63) is 35.9 Å². The van der Waals surface area contributed by atoms with E-state index in [2.05, 4.69) is 8.37 Å². The van der Waals surface area contributed by atoms with Gasteiger partial charge in [-0.15, -0.1) is 0 Å². The second-order valence-corrected chi connectivity index (χ2v) is 4.55. The summed E-state index contributed by atoms with van der Waals surface area (Å²) in [5.41, 5.74) is 0.786.